The molecule has 1 aromatic rings. The number of unbranched alkanes of at least 4 members (excludes halogenated alkanes) is 1. The zero-order valence-corrected chi connectivity index (χ0v) is 16.5. The molecule has 0 heterocycles. The Labute approximate surface area is 152 Å². The van der Waals surface area contributed by atoms with Crippen LogP contribution >= 0.6 is 0 Å². The summed E-state index contributed by atoms with van der Waals surface area (Å²) in [5.74, 6) is 1.39. The number of aliphatic hydroxyl groups excluding tert-OH is 1. The first kappa shape index (κ1) is 21.7. The quantitative estimate of drug-likeness (QED) is 0.588. The van der Waals surface area contributed by atoms with E-state index in [-0.39, 0.29) is 0 Å². The zero-order valence-electron chi connectivity index (χ0n) is 16.5. The topological polar surface area (TPSA) is 51.2 Å². The molecule has 2 atom stereocenters. The Bertz CT molecular complexity index is 481. The lowest BCUT2D eigenvalue weighted by Crippen LogP contribution is -2.40. The van der Waals surface area contributed by atoms with Crippen molar-refractivity contribution in [2.45, 2.75) is 58.8 Å². The average Bonchev–Trinajstić information content (AvgIpc) is 2.64. The van der Waals surface area contributed by atoms with E-state index in [1.54, 1.807) is 14.2 Å². The van der Waals surface area contributed by atoms with Crippen molar-refractivity contribution in [3.8, 4) is 11.5 Å². The molecule has 5 nitrogen and oxygen atoms in total. The van der Waals surface area contributed by atoms with Gasteiger partial charge in [-0.2, -0.15) is 0 Å². The molecule has 25 heavy (non-hydrogen) atoms. The lowest BCUT2D eigenvalue weighted by Gasteiger charge is -2.30. The SMILES string of the molecule is CCCCN(C[C@@H](O)COCc1ccc(OC)c(OC)c1)[C@@H](C)CC. The maximum Gasteiger partial charge on any atom is 0.161 e. The predicted octanol–water partition coefficient (Wildman–Crippen LogP) is 3.48. The Morgan fingerprint density at radius 1 is 1.12 bits per heavy atom. The largest absolute Gasteiger partial charge is 0.493 e. The second-order valence-electron chi connectivity index (χ2n) is 6.46. The lowest BCUT2D eigenvalue weighted by atomic mass is 10.1. The molecule has 0 aliphatic rings. The van der Waals surface area contributed by atoms with Crippen LogP contribution in [-0.4, -0.2) is 56.1 Å². The molecule has 0 saturated carbocycles. The van der Waals surface area contributed by atoms with Crippen LogP contribution in [0.15, 0.2) is 18.2 Å². The molecule has 0 saturated heterocycles. The first-order valence-corrected chi connectivity index (χ1v) is 9.26. The van der Waals surface area contributed by atoms with Gasteiger partial charge in [-0.25, -0.2) is 0 Å². The molecule has 0 aliphatic carbocycles. The van der Waals surface area contributed by atoms with Crippen LogP contribution in [-0.2, 0) is 11.3 Å². The first-order chi connectivity index (χ1) is 12.0. The van der Waals surface area contributed by atoms with Gasteiger partial charge < -0.3 is 19.3 Å². The molecule has 0 unspecified atom stereocenters. The minimum Gasteiger partial charge on any atom is -0.493 e. The number of hydrogen-bond acceptors (Lipinski definition) is 5. The summed E-state index contributed by atoms with van der Waals surface area (Å²) < 4.78 is 16.2. The molecule has 144 valence electrons. The van der Waals surface area contributed by atoms with Gasteiger partial charge in [0, 0.05) is 12.6 Å². The fourth-order valence-corrected chi connectivity index (χ4v) is 2.72. The average molecular weight is 354 g/mol. The number of methoxy groups -OCH3 is 2. The molecule has 0 spiro atoms. The zero-order chi connectivity index (χ0) is 18.7. The minimum absolute atomic E-state index is 0.327. The Morgan fingerprint density at radius 3 is 2.44 bits per heavy atom. The Balaban J connectivity index is 2.46. The van der Waals surface area contributed by atoms with Gasteiger partial charge in [-0.15, -0.1) is 0 Å². The van der Waals surface area contributed by atoms with Crippen LogP contribution in [0.3, 0.4) is 0 Å². The van der Waals surface area contributed by atoms with E-state index in [0.29, 0.717) is 37.3 Å². The van der Waals surface area contributed by atoms with Crippen molar-refractivity contribution in [1.82, 2.24) is 4.90 Å². The number of benzene rings is 1. The summed E-state index contributed by atoms with van der Waals surface area (Å²) in [5.41, 5.74) is 0.995. The van der Waals surface area contributed by atoms with E-state index in [2.05, 4.69) is 25.7 Å². The van der Waals surface area contributed by atoms with Crippen LogP contribution in [0, 0.1) is 0 Å². The smallest absolute Gasteiger partial charge is 0.161 e. The first-order valence-electron chi connectivity index (χ1n) is 9.26. The highest BCUT2D eigenvalue weighted by Crippen LogP contribution is 2.27. The van der Waals surface area contributed by atoms with E-state index in [1.807, 2.05) is 18.2 Å². The molecule has 5 heteroatoms. The fourth-order valence-electron chi connectivity index (χ4n) is 2.72. The second-order valence-corrected chi connectivity index (χ2v) is 6.46. The van der Waals surface area contributed by atoms with Gasteiger partial charge in [-0.05, 0) is 44.0 Å². The highest BCUT2D eigenvalue weighted by molar-refractivity contribution is 5.42. The van der Waals surface area contributed by atoms with Gasteiger partial charge in [-0.1, -0.05) is 26.3 Å². The molecular formula is C20H35NO4. The Hall–Kier alpha value is -1.30. The van der Waals surface area contributed by atoms with Crippen LogP contribution in [0.5, 0.6) is 11.5 Å². The Kier molecular flexibility index (Phi) is 10.5. The van der Waals surface area contributed by atoms with Gasteiger partial charge in [0.25, 0.3) is 0 Å². The molecule has 0 radical (unpaired) electrons. The van der Waals surface area contributed by atoms with Crippen molar-refractivity contribution < 1.29 is 19.3 Å². The van der Waals surface area contributed by atoms with E-state index < -0.39 is 6.10 Å². The predicted molar refractivity (Wildman–Crippen MR) is 101 cm³/mol. The van der Waals surface area contributed by atoms with Crippen molar-refractivity contribution in [2.24, 2.45) is 0 Å². The molecule has 1 aromatic carbocycles. The van der Waals surface area contributed by atoms with Crippen LogP contribution in [0.2, 0.25) is 0 Å². The van der Waals surface area contributed by atoms with E-state index in [0.717, 1.165) is 24.9 Å². The van der Waals surface area contributed by atoms with Gasteiger partial charge in [0.2, 0.25) is 0 Å². The highest BCUT2D eigenvalue weighted by Gasteiger charge is 2.16. The van der Waals surface area contributed by atoms with Crippen molar-refractivity contribution in [3.63, 3.8) is 0 Å². The molecule has 0 aromatic heterocycles. The van der Waals surface area contributed by atoms with Gasteiger partial charge >= 0.3 is 0 Å². The number of ether oxygens (including phenoxy) is 3. The van der Waals surface area contributed by atoms with Crippen molar-refractivity contribution >= 4 is 0 Å². The number of nitrogens with zero attached hydrogens (tertiary/aromatic N) is 1. The standard InChI is InChI=1S/C20H35NO4/c1-6-8-11-21(16(3)7-2)13-18(22)15-25-14-17-9-10-19(23-4)20(12-17)24-5/h9-10,12,16,18,22H,6-8,11,13-15H2,1-5H3/t16-,18+/m0/s1. The highest BCUT2D eigenvalue weighted by atomic mass is 16.5. The molecule has 1 rings (SSSR count). The summed E-state index contributed by atoms with van der Waals surface area (Å²) in [5, 5.41) is 10.3. The number of hydrogen-bond donors (Lipinski definition) is 1. The second kappa shape index (κ2) is 12.1. The lowest BCUT2D eigenvalue weighted by molar-refractivity contribution is 0.00297. The molecule has 0 fully saturated rings. The summed E-state index contributed by atoms with van der Waals surface area (Å²) in [7, 11) is 3.23. The fraction of sp³-hybridized carbons (Fsp3) is 0.700. The summed E-state index contributed by atoms with van der Waals surface area (Å²) in [4.78, 5) is 2.36. The van der Waals surface area contributed by atoms with Gasteiger partial charge in [-0.3, -0.25) is 4.90 Å². The van der Waals surface area contributed by atoms with Gasteiger partial charge in [0.1, 0.15) is 0 Å². The molecule has 0 aliphatic heterocycles. The number of rotatable bonds is 13. The van der Waals surface area contributed by atoms with E-state index in [9.17, 15) is 5.11 Å². The van der Waals surface area contributed by atoms with Crippen LogP contribution < -0.4 is 9.47 Å². The maximum absolute atomic E-state index is 10.3. The van der Waals surface area contributed by atoms with E-state index in [1.165, 1.54) is 6.42 Å². The van der Waals surface area contributed by atoms with E-state index in [4.69, 9.17) is 14.2 Å². The third kappa shape index (κ3) is 7.63. The number of aliphatic hydroxyl groups is 1. The monoisotopic (exact) mass is 353 g/mol. The molecule has 1 N–H and O–H groups in total. The normalized spacial score (nSPS) is 13.7. The Morgan fingerprint density at radius 2 is 1.84 bits per heavy atom. The summed E-state index contributed by atoms with van der Waals surface area (Å²) in [6.45, 7) is 9.04. The van der Waals surface area contributed by atoms with Crippen LogP contribution in [0.1, 0.15) is 45.6 Å². The van der Waals surface area contributed by atoms with Crippen molar-refractivity contribution in [3.05, 3.63) is 23.8 Å². The molecular weight excluding hydrogens is 318 g/mol. The molecule has 0 bridgehead atoms. The summed E-state index contributed by atoms with van der Waals surface area (Å²) in [6, 6.07) is 6.19. The van der Waals surface area contributed by atoms with Crippen LogP contribution in [0.4, 0.5) is 0 Å². The summed E-state index contributed by atoms with van der Waals surface area (Å²) >= 11 is 0. The van der Waals surface area contributed by atoms with Crippen molar-refractivity contribution in [1.29, 1.82) is 0 Å². The summed E-state index contributed by atoms with van der Waals surface area (Å²) in [6.07, 6.45) is 2.93. The third-order valence-corrected chi connectivity index (χ3v) is 4.49. The molecule has 0 amide bonds. The van der Waals surface area contributed by atoms with Crippen molar-refractivity contribution in [2.75, 3.05) is 33.9 Å². The minimum atomic E-state index is -0.481. The van der Waals surface area contributed by atoms with Gasteiger partial charge in [0.05, 0.1) is 33.5 Å². The maximum atomic E-state index is 10.3. The van der Waals surface area contributed by atoms with Gasteiger partial charge in [0.15, 0.2) is 11.5 Å². The van der Waals surface area contributed by atoms with E-state index >= 15 is 0 Å². The third-order valence-electron chi connectivity index (χ3n) is 4.49. The van der Waals surface area contributed by atoms with Crippen LogP contribution in [0.25, 0.3) is 0 Å².